The summed E-state index contributed by atoms with van der Waals surface area (Å²) in [5.41, 5.74) is -0.0947. The Morgan fingerprint density at radius 1 is 1.19 bits per heavy atom. The van der Waals surface area contributed by atoms with Gasteiger partial charge in [-0.1, -0.05) is 29.6 Å². The zero-order chi connectivity index (χ0) is 23.5. The van der Waals surface area contributed by atoms with Gasteiger partial charge < -0.3 is 15.4 Å². The summed E-state index contributed by atoms with van der Waals surface area (Å²) in [5.74, 6) is -0.980. The lowest BCUT2D eigenvalue weighted by molar-refractivity contribution is -0.121. The van der Waals surface area contributed by atoms with E-state index in [0.29, 0.717) is 18.4 Å². The monoisotopic (exact) mass is 482 g/mol. The topological polar surface area (TPSA) is 93.2 Å². The Hall–Kier alpha value is -2.45. The lowest BCUT2D eigenvalue weighted by Crippen LogP contribution is -2.43. The number of anilines is 1. The molecular formula is C22H25Cl2FN4O3. The summed E-state index contributed by atoms with van der Waals surface area (Å²) in [7, 11) is 0. The van der Waals surface area contributed by atoms with Crippen molar-refractivity contribution in [3.05, 3.63) is 40.5 Å². The Labute approximate surface area is 196 Å². The van der Waals surface area contributed by atoms with E-state index in [1.54, 1.807) is 20.8 Å². The van der Waals surface area contributed by atoms with Crippen molar-refractivity contribution >= 4 is 41.0 Å². The molecule has 0 spiro atoms. The van der Waals surface area contributed by atoms with Crippen LogP contribution in [-0.4, -0.2) is 33.6 Å². The van der Waals surface area contributed by atoms with Crippen LogP contribution in [0.4, 0.5) is 15.0 Å². The summed E-state index contributed by atoms with van der Waals surface area (Å²) in [5, 5.41) is 5.74. The molecule has 7 nitrogen and oxygen atoms in total. The van der Waals surface area contributed by atoms with E-state index < -0.39 is 17.5 Å². The van der Waals surface area contributed by atoms with Crippen LogP contribution in [0.2, 0.25) is 10.2 Å². The van der Waals surface area contributed by atoms with E-state index in [2.05, 4.69) is 20.6 Å². The Kier molecular flexibility index (Phi) is 7.56. The highest BCUT2D eigenvalue weighted by Gasteiger charge is 2.29. The summed E-state index contributed by atoms with van der Waals surface area (Å²) < 4.78 is 19.7. The zero-order valence-corrected chi connectivity index (χ0v) is 19.6. The van der Waals surface area contributed by atoms with Crippen LogP contribution in [0, 0.1) is 11.7 Å². The number of alkyl carbamates (subject to hydrolysis) is 1. The van der Waals surface area contributed by atoms with Crippen LogP contribution in [-0.2, 0) is 9.53 Å². The first kappa shape index (κ1) is 24.2. The number of nitrogens with zero attached hydrogens (tertiary/aromatic N) is 2. The van der Waals surface area contributed by atoms with Crippen molar-refractivity contribution in [3.63, 3.8) is 0 Å². The smallest absolute Gasteiger partial charge is 0.407 e. The van der Waals surface area contributed by atoms with Crippen LogP contribution in [0.3, 0.4) is 0 Å². The van der Waals surface area contributed by atoms with Crippen LogP contribution >= 0.6 is 23.2 Å². The number of hydrogen-bond acceptors (Lipinski definition) is 5. The molecule has 1 fully saturated rings. The van der Waals surface area contributed by atoms with E-state index in [9.17, 15) is 14.0 Å². The van der Waals surface area contributed by atoms with Gasteiger partial charge in [0, 0.05) is 29.3 Å². The number of carbonyl (C=O) groups excluding carboxylic acids is 2. The molecule has 1 aliphatic carbocycles. The first-order chi connectivity index (χ1) is 15.0. The minimum Gasteiger partial charge on any atom is -0.444 e. The molecule has 2 N–H and O–H groups in total. The number of ether oxygens (including phenoxy) is 1. The van der Waals surface area contributed by atoms with Crippen molar-refractivity contribution in [1.82, 2.24) is 15.3 Å². The minimum absolute atomic E-state index is 0.0525. The average molecular weight is 483 g/mol. The maximum atomic E-state index is 14.4. The lowest BCUT2D eigenvalue weighted by atomic mass is 9.85. The fourth-order valence-electron chi connectivity index (χ4n) is 3.60. The van der Waals surface area contributed by atoms with Crippen LogP contribution in [0.15, 0.2) is 24.5 Å². The van der Waals surface area contributed by atoms with Crippen LogP contribution in [0.25, 0.3) is 11.1 Å². The second kappa shape index (κ2) is 10.0. The zero-order valence-electron chi connectivity index (χ0n) is 18.0. The molecule has 0 aromatic carbocycles. The van der Waals surface area contributed by atoms with Crippen molar-refractivity contribution in [1.29, 1.82) is 0 Å². The van der Waals surface area contributed by atoms with Gasteiger partial charge in [0.25, 0.3) is 0 Å². The normalized spacial score (nSPS) is 18.7. The second-order valence-electron chi connectivity index (χ2n) is 8.71. The molecule has 2 aromatic heterocycles. The largest absolute Gasteiger partial charge is 0.444 e. The number of amides is 2. The molecule has 2 heterocycles. The fraction of sp³-hybridized carbons (Fsp3) is 0.455. The molecule has 0 saturated heterocycles. The number of nitrogens with one attached hydrogen (secondary N) is 2. The summed E-state index contributed by atoms with van der Waals surface area (Å²) in [6.45, 7) is 5.38. The Morgan fingerprint density at radius 2 is 1.94 bits per heavy atom. The maximum Gasteiger partial charge on any atom is 0.407 e. The first-order valence-corrected chi connectivity index (χ1v) is 11.1. The SMILES string of the molecule is CC(C)(C)OC(=O)N[C@@H]1CCC[C@H](C(=O)Nc2cc(-c3ccnc(Cl)c3Cl)c(F)cn2)C1. The molecule has 0 unspecified atom stereocenters. The number of hydrogen-bond donors (Lipinski definition) is 2. The van der Waals surface area contributed by atoms with E-state index in [1.165, 1.54) is 18.3 Å². The van der Waals surface area contributed by atoms with Crippen molar-refractivity contribution in [2.75, 3.05) is 5.32 Å². The van der Waals surface area contributed by atoms with Gasteiger partial charge in [-0.3, -0.25) is 4.79 Å². The van der Waals surface area contributed by atoms with E-state index in [4.69, 9.17) is 27.9 Å². The molecule has 0 radical (unpaired) electrons. The molecule has 2 aromatic rings. The highest BCUT2D eigenvalue weighted by Crippen LogP contribution is 2.34. The number of halogens is 3. The third kappa shape index (κ3) is 6.29. The van der Waals surface area contributed by atoms with Gasteiger partial charge in [-0.2, -0.15) is 0 Å². The standard InChI is InChI=1S/C22H25Cl2FN4O3/c1-22(2,3)32-21(31)28-13-6-4-5-12(9-13)20(30)29-17-10-15(16(25)11-27-17)14-7-8-26-19(24)18(14)23/h7-8,10-13H,4-6,9H2,1-3H3,(H,28,31)(H,27,29,30)/t12-,13+/m0/s1. The number of pyridine rings is 2. The first-order valence-electron chi connectivity index (χ1n) is 10.3. The van der Waals surface area contributed by atoms with E-state index >= 15 is 0 Å². The number of rotatable bonds is 4. The predicted octanol–water partition coefficient (Wildman–Crippen LogP) is 5.61. The molecule has 0 aliphatic heterocycles. The molecule has 0 bridgehead atoms. The molecule has 3 rings (SSSR count). The Balaban J connectivity index is 1.68. The minimum atomic E-state index is -0.605. The molecule has 10 heteroatoms. The van der Waals surface area contributed by atoms with Crippen molar-refractivity contribution < 1.29 is 18.7 Å². The van der Waals surface area contributed by atoms with Gasteiger partial charge >= 0.3 is 6.09 Å². The second-order valence-corrected chi connectivity index (χ2v) is 9.44. The summed E-state index contributed by atoms with van der Waals surface area (Å²) in [6, 6.07) is 2.78. The highest BCUT2D eigenvalue weighted by molar-refractivity contribution is 6.43. The number of carbonyl (C=O) groups is 2. The summed E-state index contributed by atoms with van der Waals surface area (Å²) >= 11 is 12.1. The molecule has 1 saturated carbocycles. The Morgan fingerprint density at radius 3 is 2.66 bits per heavy atom. The molecule has 172 valence electrons. The van der Waals surface area contributed by atoms with Gasteiger partial charge in [-0.25, -0.2) is 19.2 Å². The predicted molar refractivity (Wildman–Crippen MR) is 121 cm³/mol. The van der Waals surface area contributed by atoms with Gasteiger partial charge in [0.2, 0.25) is 5.91 Å². The van der Waals surface area contributed by atoms with Crippen molar-refractivity contribution in [2.45, 2.75) is 58.1 Å². The Bertz CT molecular complexity index is 1010. The van der Waals surface area contributed by atoms with Crippen LogP contribution in [0.5, 0.6) is 0 Å². The van der Waals surface area contributed by atoms with E-state index in [1.807, 2.05) is 0 Å². The summed E-state index contributed by atoms with van der Waals surface area (Å²) in [4.78, 5) is 32.7. The fourth-order valence-corrected chi connectivity index (χ4v) is 3.97. The quantitative estimate of drug-likeness (QED) is 0.552. The molecule has 2 amide bonds. The van der Waals surface area contributed by atoms with Gasteiger partial charge in [-0.15, -0.1) is 0 Å². The van der Waals surface area contributed by atoms with E-state index in [0.717, 1.165) is 19.0 Å². The van der Waals surface area contributed by atoms with Gasteiger partial charge in [0.15, 0.2) is 0 Å². The van der Waals surface area contributed by atoms with Crippen molar-refractivity contribution in [2.24, 2.45) is 5.92 Å². The maximum absolute atomic E-state index is 14.4. The van der Waals surface area contributed by atoms with Crippen LogP contribution < -0.4 is 10.6 Å². The van der Waals surface area contributed by atoms with Gasteiger partial charge in [-0.05, 0) is 52.2 Å². The third-order valence-corrected chi connectivity index (χ3v) is 5.78. The van der Waals surface area contributed by atoms with Gasteiger partial charge in [0.1, 0.15) is 22.4 Å². The molecule has 32 heavy (non-hydrogen) atoms. The summed E-state index contributed by atoms with van der Waals surface area (Å²) in [6.07, 6.45) is 4.64. The highest BCUT2D eigenvalue weighted by atomic mass is 35.5. The molecule has 1 aliphatic rings. The van der Waals surface area contributed by atoms with Crippen molar-refractivity contribution in [3.8, 4) is 11.1 Å². The van der Waals surface area contributed by atoms with Crippen LogP contribution in [0.1, 0.15) is 46.5 Å². The van der Waals surface area contributed by atoms with E-state index in [-0.39, 0.29) is 39.4 Å². The average Bonchev–Trinajstić information content (AvgIpc) is 2.70. The third-order valence-electron chi connectivity index (χ3n) is 5.01. The van der Waals surface area contributed by atoms with Gasteiger partial charge in [0.05, 0.1) is 11.2 Å². The number of aromatic nitrogens is 2. The molecular weight excluding hydrogens is 458 g/mol. The lowest BCUT2D eigenvalue weighted by Gasteiger charge is -2.30. The molecule has 2 atom stereocenters.